The van der Waals surface area contributed by atoms with Crippen molar-refractivity contribution in [3.8, 4) is 0 Å². The number of anilines is 1. The fraction of sp³-hybridized carbons (Fsp3) is 0.355. The van der Waals surface area contributed by atoms with Crippen LogP contribution in [0.3, 0.4) is 0 Å². The molecule has 1 atom stereocenters. The van der Waals surface area contributed by atoms with E-state index in [0.717, 1.165) is 47.5 Å². The SMILES string of the molecule is Cc1cccc(N(CC(=O)N(Cc2ccc(Cl)cc2)[C@@H](C)C(=O)NC2CCCCC2)S(=O)(=O)c2ccccc2)c1. The lowest BCUT2D eigenvalue weighted by molar-refractivity contribution is -0.139. The van der Waals surface area contributed by atoms with Crippen molar-refractivity contribution in [1.29, 1.82) is 0 Å². The van der Waals surface area contributed by atoms with Gasteiger partial charge >= 0.3 is 0 Å². The van der Waals surface area contributed by atoms with E-state index in [1.807, 2.05) is 13.0 Å². The van der Waals surface area contributed by atoms with Crippen LogP contribution >= 0.6 is 11.6 Å². The zero-order valence-corrected chi connectivity index (χ0v) is 24.5. The molecule has 2 amide bonds. The van der Waals surface area contributed by atoms with E-state index >= 15 is 0 Å². The van der Waals surface area contributed by atoms with Gasteiger partial charge in [-0.15, -0.1) is 0 Å². The lowest BCUT2D eigenvalue weighted by Crippen LogP contribution is -2.53. The number of rotatable bonds is 10. The van der Waals surface area contributed by atoms with Gasteiger partial charge in [0.05, 0.1) is 10.6 Å². The monoisotopic (exact) mass is 581 g/mol. The van der Waals surface area contributed by atoms with Crippen LogP contribution in [0.25, 0.3) is 0 Å². The Bertz CT molecular complexity index is 1410. The summed E-state index contributed by atoms with van der Waals surface area (Å²) in [7, 11) is -4.08. The van der Waals surface area contributed by atoms with Crippen LogP contribution in [0.5, 0.6) is 0 Å². The third-order valence-corrected chi connectivity index (χ3v) is 9.32. The van der Waals surface area contributed by atoms with E-state index in [1.54, 1.807) is 67.6 Å². The van der Waals surface area contributed by atoms with Gasteiger partial charge in [0, 0.05) is 17.6 Å². The Labute approximate surface area is 242 Å². The molecule has 3 aromatic carbocycles. The number of halogens is 1. The summed E-state index contributed by atoms with van der Waals surface area (Å²) in [5.41, 5.74) is 2.02. The maximum absolute atomic E-state index is 14.0. The fourth-order valence-electron chi connectivity index (χ4n) is 4.97. The molecule has 0 aromatic heterocycles. The van der Waals surface area contributed by atoms with Crippen molar-refractivity contribution in [1.82, 2.24) is 10.2 Å². The molecule has 0 aliphatic heterocycles. The molecule has 1 fully saturated rings. The summed E-state index contributed by atoms with van der Waals surface area (Å²) in [4.78, 5) is 28.9. The minimum Gasteiger partial charge on any atom is -0.352 e. The van der Waals surface area contributed by atoms with Crippen LogP contribution in [-0.4, -0.2) is 43.8 Å². The molecule has 0 radical (unpaired) electrons. The molecule has 0 heterocycles. The summed E-state index contributed by atoms with van der Waals surface area (Å²) in [5, 5.41) is 3.67. The second-order valence-corrected chi connectivity index (χ2v) is 12.6. The van der Waals surface area contributed by atoms with Crippen molar-refractivity contribution in [2.24, 2.45) is 0 Å². The number of nitrogens with one attached hydrogen (secondary N) is 1. The Hall–Kier alpha value is -3.36. The number of amides is 2. The van der Waals surface area contributed by atoms with Crippen LogP contribution < -0.4 is 9.62 Å². The van der Waals surface area contributed by atoms with Crippen molar-refractivity contribution in [2.45, 2.75) is 69.5 Å². The Balaban J connectivity index is 1.66. The third-order valence-electron chi connectivity index (χ3n) is 7.28. The minimum absolute atomic E-state index is 0.0802. The highest BCUT2D eigenvalue weighted by Crippen LogP contribution is 2.26. The number of nitrogens with zero attached hydrogens (tertiary/aromatic N) is 2. The molecular weight excluding hydrogens is 546 g/mol. The molecule has 1 aliphatic rings. The van der Waals surface area contributed by atoms with Gasteiger partial charge in [0.1, 0.15) is 12.6 Å². The molecule has 0 bridgehead atoms. The summed E-state index contributed by atoms with van der Waals surface area (Å²) in [6.45, 7) is 3.22. The number of sulfonamides is 1. The van der Waals surface area contributed by atoms with E-state index in [-0.39, 0.29) is 23.4 Å². The predicted molar refractivity (Wildman–Crippen MR) is 159 cm³/mol. The van der Waals surface area contributed by atoms with E-state index < -0.39 is 28.5 Å². The maximum Gasteiger partial charge on any atom is 0.264 e. The standard InChI is InChI=1S/C31H36ClN3O4S/c1-23-10-9-13-28(20-23)35(40(38,39)29-14-7-4-8-15-29)22-30(36)34(21-25-16-18-26(32)19-17-25)24(2)31(37)33-27-11-5-3-6-12-27/h4,7-10,13-20,24,27H,3,5-6,11-12,21-22H2,1-2H3,(H,33,37)/t24-/m0/s1. The van der Waals surface area contributed by atoms with Crippen LogP contribution in [0.1, 0.15) is 50.2 Å². The number of carbonyl (C=O) groups excluding carboxylic acids is 2. The Kier molecular flexibility index (Phi) is 9.87. The van der Waals surface area contributed by atoms with Crippen molar-refractivity contribution in [3.63, 3.8) is 0 Å². The molecule has 212 valence electrons. The molecule has 3 aromatic rings. The molecule has 0 saturated heterocycles. The number of benzene rings is 3. The molecular formula is C31H36ClN3O4S. The first kappa shape index (κ1) is 29.6. The predicted octanol–water partition coefficient (Wildman–Crippen LogP) is 5.71. The topological polar surface area (TPSA) is 86.8 Å². The molecule has 40 heavy (non-hydrogen) atoms. The van der Waals surface area contributed by atoms with Crippen molar-refractivity contribution < 1.29 is 18.0 Å². The number of carbonyl (C=O) groups is 2. The quantitative estimate of drug-likeness (QED) is 0.332. The van der Waals surface area contributed by atoms with Crippen molar-refractivity contribution in [2.75, 3.05) is 10.8 Å². The molecule has 0 spiro atoms. The second-order valence-electron chi connectivity index (χ2n) is 10.3. The van der Waals surface area contributed by atoms with Gasteiger partial charge in [0.2, 0.25) is 11.8 Å². The summed E-state index contributed by atoms with van der Waals surface area (Å²) >= 11 is 6.07. The molecule has 9 heteroatoms. The number of hydrogen-bond donors (Lipinski definition) is 1. The number of aryl methyl sites for hydroxylation is 1. The highest BCUT2D eigenvalue weighted by atomic mass is 35.5. The molecule has 1 saturated carbocycles. The van der Waals surface area contributed by atoms with Gasteiger partial charge in [0.25, 0.3) is 10.0 Å². The van der Waals surface area contributed by atoms with Crippen molar-refractivity contribution in [3.05, 3.63) is 95.0 Å². The highest BCUT2D eigenvalue weighted by molar-refractivity contribution is 7.92. The second kappa shape index (κ2) is 13.3. The summed E-state index contributed by atoms with van der Waals surface area (Å²) < 4.78 is 28.8. The highest BCUT2D eigenvalue weighted by Gasteiger charge is 2.33. The average molecular weight is 582 g/mol. The van der Waals surface area contributed by atoms with Gasteiger partial charge < -0.3 is 10.2 Å². The van der Waals surface area contributed by atoms with E-state index in [4.69, 9.17) is 11.6 Å². The van der Waals surface area contributed by atoms with Crippen LogP contribution in [-0.2, 0) is 26.2 Å². The Morgan fingerprint density at radius 1 is 0.950 bits per heavy atom. The normalized spacial score (nSPS) is 14.8. The fourth-order valence-corrected chi connectivity index (χ4v) is 6.52. The van der Waals surface area contributed by atoms with Gasteiger partial charge in [-0.25, -0.2) is 8.42 Å². The van der Waals surface area contributed by atoms with Crippen LogP contribution in [0.2, 0.25) is 5.02 Å². The summed E-state index contributed by atoms with van der Waals surface area (Å²) in [6, 6.07) is 21.4. The molecule has 7 nitrogen and oxygen atoms in total. The lowest BCUT2D eigenvalue weighted by Gasteiger charge is -2.33. The van der Waals surface area contributed by atoms with Crippen molar-refractivity contribution >= 4 is 39.1 Å². The van der Waals surface area contributed by atoms with Gasteiger partial charge in [-0.3, -0.25) is 13.9 Å². The van der Waals surface area contributed by atoms with Gasteiger partial charge in [-0.2, -0.15) is 0 Å². The average Bonchev–Trinajstić information content (AvgIpc) is 2.96. The maximum atomic E-state index is 14.0. The molecule has 1 aliphatic carbocycles. The van der Waals surface area contributed by atoms with Crippen LogP contribution in [0.4, 0.5) is 5.69 Å². The van der Waals surface area contributed by atoms with Crippen LogP contribution in [0, 0.1) is 6.92 Å². The molecule has 1 N–H and O–H groups in total. The molecule has 4 rings (SSSR count). The van der Waals surface area contributed by atoms with E-state index in [1.165, 1.54) is 17.0 Å². The van der Waals surface area contributed by atoms with Gasteiger partial charge in [-0.05, 0) is 74.2 Å². The molecule has 0 unspecified atom stereocenters. The lowest BCUT2D eigenvalue weighted by atomic mass is 9.95. The smallest absolute Gasteiger partial charge is 0.264 e. The minimum atomic E-state index is -4.08. The zero-order chi connectivity index (χ0) is 28.7. The largest absolute Gasteiger partial charge is 0.352 e. The first-order chi connectivity index (χ1) is 19.1. The van der Waals surface area contributed by atoms with Crippen LogP contribution in [0.15, 0.2) is 83.8 Å². The first-order valence-electron chi connectivity index (χ1n) is 13.6. The first-order valence-corrected chi connectivity index (χ1v) is 15.5. The van der Waals surface area contributed by atoms with E-state index in [2.05, 4.69) is 5.32 Å². The van der Waals surface area contributed by atoms with E-state index in [0.29, 0.717) is 10.7 Å². The zero-order valence-electron chi connectivity index (χ0n) is 22.9. The van der Waals surface area contributed by atoms with Gasteiger partial charge in [0.15, 0.2) is 0 Å². The third kappa shape index (κ3) is 7.43. The summed E-state index contributed by atoms with van der Waals surface area (Å²) in [6.07, 6.45) is 5.12. The van der Waals surface area contributed by atoms with E-state index in [9.17, 15) is 18.0 Å². The Morgan fingerprint density at radius 2 is 1.62 bits per heavy atom. The number of hydrogen-bond acceptors (Lipinski definition) is 4. The summed E-state index contributed by atoms with van der Waals surface area (Å²) in [5.74, 6) is -0.732. The Morgan fingerprint density at radius 3 is 2.27 bits per heavy atom. The van der Waals surface area contributed by atoms with Gasteiger partial charge in [-0.1, -0.05) is 73.3 Å².